The smallest absolute Gasteiger partial charge is 0.239 e. The van der Waals surface area contributed by atoms with Crippen LogP contribution < -0.4 is 0 Å². The molecule has 1 fully saturated rings. The molecule has 0 saturated carbocycles. The third-order valence-corrected chi connectivity index (χ3v) is 5.08. The summed E-state index contributed by atoms with van der Waals surface area (Å²) in [6, 6.07) is 12.0. The first kappa shape index (κ1) is 15.0. The Hall–Kier alpha value is -1.92. The summed E-state index contributed by atoms with van der Waals surface area (Å²) in [5, 5.41) is 11.0. The molecule has 0 radical (unpaired) electrons. The molecule has 0 unspecified atom stereocenters. The molecular weight excluding hydrogens is 314 g/mol. The van der Waals surface area contributed by atoms with Crippen LogP contribution in [0.1, 0.15) is 16.0 Å². The molecule has 0 bridgehead atoms. The van der Waals surface area contributed by atoms with Crippen molar-refractivity contribution >= 4 is 40.4 Å². The van der Waals surface area contributed by atoms with Crippen molar-refractivity contribution in [1.82, 2.24) is 4.90 Å². The summed E-state index contributed by atoms with van der Waals surface area (Å²) in [6.45, 7) is 2.60. The van der Waals surface area contributed by atoms with Gasteiger partial charge in [-0.2, -0.15) is 5.10 Å². The van der Waals surface area contributed by atoms with Crippen LogP contribution in [-0.4, -0.2) is 27.9 Å². The Morgan fingerprint density at radius 2 is 2.14 bits per heavy atom. The third kappa shape index (κ3) is 3.45. The predicted octanol–water partition coefficient (Wildman–Crippen LogP) is 3.52. The lowest BCUT2D eigenvalue weighted by Gasteiger charge is -2.16. The first-order chi connectivity index (χ1) is 10.7. The Bertz CT molecular complexity index is 723. The SMILES string of the molecule is Cc1ccccc1CN1C(=O)CS/C1=N\N=C/c1cccs1. The van der Waals surface area contributed by atoms with Gasteiger partial charge in [0, 0.05) is 4.88 Å². The van der Waals surface area contributed by atoms with Crippen LogP contribution in [0.3, 0.4) is 0 Å². The molecule has 1 aromatic heterocycles. The molecule has 2 heterocycles. The highest BCUT2D eigenvalue weighted by atomic mass is 32.2. The van der Waals surface area contributed by atoms with E-state index in [0.717, 1.165) is 10.4 Å². The molecule has 0 aliphatic carbocycles. The van der Waals surface area contributed by atoms with E-state index in [9.17, 15) is 4.79 Å². The number of carbonyl (C=O) groups is 1. The van der Waals surface area contributed by atoms with Crippen LogP contribution in [0.15, 0.2) is 52.0 Å². The lowest BCUT2D eigenvalue weighted by atomic mass is 10.1. The molecule has 3 rings (SSSR count). The van der Waals surface area contributed by atoms with Crippen LogP contribution in [0.2, 0.25) is 0 Å². The third-order valence-electron chi connectivity index (χ3n) is 3.32. The number of hydrogen-bond donors (Lipinski definition) is 0. The van der Waals surface area contributed by atoms with Crippen LogP contribution in [0, 0.1) is 6.92 Å². The standard InChI is InChI=1S/C16H15N3OS2/c1-12-5-2-3-6-13(12)10-19-15(20)11-22-16(19)18-17-9-14-7-4-8-21-14/h2-9H,10-11H2,1H3/b17-9-,18-16-. The zero-order valence-corrected chi connectivity index (χ0v) is 13.7. The summed E-state index contributed by atoms with van der Waals surface area (Å²) in [4.78, 5) is 14.8. The lowest BCUT2D eigenvalue weighted by molar-refractivity contribution is -0.124. The number of nitrogens with zero attached hydrogens (tertiary/aromatic N) is 3. The van der Waals surface area contributed by atoms with Crippen LogP contribution in [0.5, 0.6) is 0 Å². The fraction of sp³-hybridized carbons (Fsp3) is 0.188. The highest BCUT2D eigenvalue weighted by molar-refractivity contribution is 8.15. The molecule has 1 aliphatic rings. The summed E-state index contributed by atoms with van der Waals surface area (Å²) in [6.07, 6.45) is 1.72. The highest BCUT2D eigenvalue weighted by Gasteiger charge is 2.28. The van der Waals surface area contributed by atoms with Gasteiger partial charge < -0.3 is 0 Å². The Labute approximate surface area is 137 Å². The van der Waals surface area contributed by atoms with E-state index in [0.29, 0.717) is 17.5 Å². The first-order valence-electron chi connectivity index (χ1n) is 6.86. The van der Waals surface area contributed by atoms with Crippen molar-refractivity contribution in [2.75, 3.05) is 5.75 Å². The van der Waals surface area contributed by atoms with Crippen molar-refractivity contribution in [2.45, 2.75) is 13.5 Å². The van der Waals surface area contributed by atoms with E-state index in [2.05, 4.69) is 23.2 Å². The summed E-state index contributed by atoms with van der Waals surface area (Å²) >= 11 is 3.04. The molecule has 0 spiro atoms. The van der Waals surface area contributed by atoms with Gasteiger partial charge in [-0.1, -0.05) is 42.1 Å². The maximum Gasteiger partial charge on any atom is 0.239 e. The van der Waals surface area contributed by atoms with E-state index in [1.165, 1.54) is 17.3 Å². The van der Waals surface area contributed by atoms with E-state index in [1.807, 2.05) is 35.7 Å². The zero-order valence-electron chi connectivity index (χ0n) is 12.1. The van der Waals surface area contributed by atoms with Crippen molar-refractivity contribution < 1.29 is 4.79 Å². The molecule has 4 nitrogen and oxygen atoms in total. The van der Waals surface area contributed by atoms with Crippen LogP contribution >= 0.6 is 23.1 Å². The number of thioether (sulfide) groups is 1. The average molecular weight is 329 g/mol. The Kier molecular flexibility index (Phi) is 4.70. The fourth-order valence-corrected chi connectivity index (χ4v) is 3.50. The van der Waals surface area contributed by atoms with Crippen molar-refractivity contribution in [1.29, 1.82) is 0 Å². The number of hydrogen-bond acceptors (Lipinski definition) is 5. The van der Waals surface area contributed by atoms with Gasteiger partial charge in [-0.3, -0.25) is 9.69 Å². The van der Waals surface area contributed by atoms with Gasteiger partial charge in [-0.15, -0.1) is 16.4 Å². The second-order valence-corrected chi connectivity index (χ2v) is 6.76. The van der Waals surface area contributed by atoms with Crippen LogP contribution in [0.4, 0.5) is 0 Å². The van der Waals surface area contributed by atoms with Crippen molar-refractivity contribution in [2.24, 2.45) is 10.2 Å². The van der Waals surface area contributed by atoms with E-state index in [-0.39, 0.29) is 5.91 Å². The van der Waals surface area contributed by atoms with Crippen molar-refractivity contribution in [3.05, 3.63) is 57.8 Å². The molecular formula is C16H15N3OS2. The monoisotopic (exact) mass is 329 g/mol. The van der Waals surface area contributed by atoms with Crippen LogP contribution in [0.25, 0.3) is 0 Å². The van der Waals surface area contributed by atoms with Gasteiger partial charge >= 0.3 is 0 Å². The predicted molar refractivity (Wildman–Crippen MR) is 93.5 cm³/mol. The molecule has 112 valence electrons. The summed E-state index contributed by atoms with van der Waals surface area (Å²) in [7, 11) is 0. The molecule has 22 heavy (non-hydrogen) atoms. The molecule has 1 amide bonds. The van der Waals surface area contributed by atoms with Crippen LogP contribution in [-0.2, 0) is 11.3 Å². The van der Waals surface area contributed by atoms with E-state index in [1.54, 1.807) is 22.5 Å². The average Bonchev–Trinajstić information content (AvgIpc) is 3.14. The second-order valence-electron chi connectivity index (χ2n) is 4.84. The van der Waals surface area contributed by atoms with Gasteiger partial charge in [0.05, 0.1) is 18.5 Å². The minimum Gasteiger partial charge on any atom is -0.285 e. The number of rotatable bonds is 4. The number of thiophene rings is 1. The Morgan fingerprint density at radius 3 is 2.91 bits per heavy atom. The number of aryl methyl sites for hydroxylation is 1. The second kappa shape index (κ2) is 6.89. The number of amides is 1. The van der Waals surface area contributed by atoms with Gasteiger partial charge in [0.2, 0.25) is 5.91 Å². The molecule has 2 aromatic rings. The van der Waals surface area contributed by atoms with E-state index >= 15 is 0 Å². The summed E-state index contributed by atoms with van der Waals surface area (Å²) < 4.78 is 0. The zero-order chi connectivity index (χ0) is 15.4. The van der Waals surface area contributed by atoms with Gasteiger partial charge in [-0.25, -0.2) is 0 Å². The van der Waals surface area contributed by atoms with Gasteiger partial charge in [-0.05, 0) is 29.5 Å². The van der Waals surface area contributed by atoms with E-state index < -0.39 is 0 Å². The number of benzene rings is 1. The Morgan fingerprint density at radius 1 is 1.27 bits per heavy atom. The van der Waals surface area contributed by atoms with Gasteiger partial charge in [0.1, 0.15) is 0 Å². The lowest BCUT2D eigenvalue weighted by Crippen LogP contribution is -2.29. The maximum atomic E-state index is 12.1. The maximum absolute atomic E-state index is 12.1. The first-order valence-corrected chi connectivity index (χ1v) is 8.73. The highest BCUT2D eigenvalue weighted by Crippen LogP contribution is 2.23. The minimum absolute atomic E-state index is 0.0818. The van der Waals surface area contributed by atoms with Gasteiger partial charge in [0.15, 0.2) is 5.17 Å². The topological polar surface area (TPSA) is 45.0 Å². The number of carbonyl (C=O) groups excluding carboxylic acids is 1. The normalized spacial score (nSPS) is 17.0. The quantitative estimate of drug-likeness (QED) is 0.636. The van der Waals surface area contributed by atoms with Gasteiger partial charge in [0.25, 0.3) is 0 Å². The summed E-state index contributed by atoms with van der Waals surface area (Å²) in [5.41, 5.74) is 2.31. The molecule has 1 aromatic carbocycles. The van der Waals surface area contributed by atoms with E-state index in [4.69, 9.17) is 0 Å². The van der Waals surface area contributed by atoms with Crippen molar-refractivity contribution in [3.8, 4) is 0 Å². The molecule has 1 aliphatic heterocycles. The molecule has 1 saturated heterocycles. The number of amidine groups is 1. The summed E-state index contributed by atoms with van der Waals surface area (Å²) in [5.74, 6) is 0.512. The fourth-order valence-electron chi connectivity index (χ4n) is 2.09. The molecule has 0 atom stereocenters. The largest absolute Gasteiger partial charge is 0.285 e. The van der Waals surface area contributed by atoms with Crippen molar-refractivity contribution in [3.63, 3.8) is 0 Å². The Balaban J connectivity index is 1.76. The minimum atomic E-state index is 0.0818. The molecule has 0 N–H and O–H groups in total. The molecule has 6 heteroatoms.